The van der Waals surface area contributed by atoms with Crippen LogP contribution in [0.25, 0.3) is 0 Å². The summed E-state index contributed by atoms with van der Waals surface area (Å²) in [5.74, 6) is -0.547. The minimum Gasteiger partial charge on any atom is -0.372 e. The maximum atomic E-state index is 13.1. The third kappa shape index (κ3) is 2.58. The lowest BCUT2D eigenvalue weighted by Gasteiger charge is -2.35. The number of benzene rings is 1. The zero-order chi connectivity index (χ0) is 18.5. The Morgan fingerprint density at radius 3 is 2.65 bits per heavy atom. The molecule has 2 saturated heterocycles. The van der Waals surface area contributed by atoms with E-state index in [-0.39, 0.29) is 30.6 Å². The van der Waals surface area contributed by atoms with E-state index < -0.39 is 11.6 Å². The fourth-order valence-electron chi connectivity index (χ4n) is 4.35. The second kappa shape index (κ2) is 6.09. The molecule has 7 nitrogen and oxygen atoms in total. The molecule has 3 atom stereocenters. The lowest BCUT2D eigenvalue weighted by atomic mass is 9.92. The molecular weight excluding hydrogens is 334 g/mol. The molecule has 1 aromatic rings. The van der Waals surface area contributed by atoms with E-state index in [0.717, 1.165) is 22.4 Å². The molecule has 138 valence electrons. The summed E-state index contributed by atoms with van der Waals surface area (Å²) >= 11 is 0. The van der Waals surface area contributed by atoms with Gasteiger partial charge in [-0.2, -0.15) is 0 Å². The number of fused-ring (bicyclic) bond motifs is 2. The Morgan fingerprint density at radius 2 is 1.92 bits per heavy atom. The fourth-order valence-corrected chi connectivity index (χ4v) is 4.35. The maximum absolute atomic E-state index is 13.1. The summed E-state index contributed by atoms with van der Waals surface area (Å²) in [6.07, 6.45) is 1.16. The molecule has 1 aromatic carbocycles. The number of nitrogens with one attached hydrogen (secondary N) is 1. The van der Waals surface area contributed by atoms with Crippen LogP contribution in [-0.2, 0) is 26.3 Å². The smallest absolute Gasteiger partial charge is 0.325 e. The van der Waals surface area contributed by atoms with Gasteiger partial charge in [-0.05, 0) is 37.8 Å². The molecule has 0 saturated carbocycles. The van der Waals surface area contributed by atoms with Gasteiger partial charge >= 0.3 is 6.03 Å². The van der Waals surface area contributed by atoms with Gasteiger partial charge in [0.2, 0.25) is 5.91 Å². The zero-order valence-corrected chi connectivity index (χ0v) is 15.0. The van der Waals surface area contributed by atoms with Crippen LogP contribution in [0.2, 0.25) is 0 Å². The van der Waals surface area contributed by atoms with E-state index in [2.05, 4.69) is 5.32 Å². The predicted molar refractivity (Wildman–Crippen MR) is 93.3 cm³/mol. The molecule has 3 aliphatic rings. The van der Waals surface area contributed by atoms with Gasteiger partial charge in [0.15, 0.2) is 0 Å². The SMILES string of the molecule is C[C@@H]1CN(C(=O)CN2C(=O)N[C@]3(CCc4ccccc43)C2=O)C[C@@H](C)O1. The first-order valence-electron chi connectivity index (χ1n) is 9.06. The monoisotopic (exact) mass is 357 g/mol. The Hall–Kier alpha value is -2.41. The van der Waals surface area contributed by atoms with Gasteiger partial charge in [0.25, 0.3) is 5.91 Å². The van der Waals surface area contributed by atoms with Gasteiger partial charge in [-0.25, -0.2) is 4.79 Å². The van der Waals surface area contributed by atoms with Crippen LogP contribution in [-0.4, -0.2) is 59.5 Å². The van der Waals surface area contributed by atoms with Crippen molar-refractivity contribution in [3.8, 4) is 0 Å². The molecule has 0 bridgehead atoms. The number of ether oxygens (including phenoxy) is 1. The molecule has 7 heteroatoms. The highest BCUT2D eigenvalue weighted by atomic mass is 16.5. The Bertz CT molecular complexity index is 770. The number of aryl methyl sites for hydroxylation is 1. The Labute approximate surface area is 152 Å². The first kappa shape index (κ1) is 17.0. The lowest BCUT2D eigenvalue weighted by Crippen LogP contribution is -2.52. The summed E-state index contributed by atoms with van der Waals surface area (Å²) in [6, 6.07) is 7.18. The molecule has 0 radical (unpaired) electrons. The number of amides is 4. The second-order valence-corrected chi connectivity index (χ2v) is 7.44. The van der Waals surface area contributed by atoms with Gasteiger partial charge in [-0.15, -0.1) is 0 Å². The molecule has 1 aliphatic carbocycles. The van der Waals surface area contributed by atoms with Gasteiger partial charge in [0.05, 0.1) is 12.2 Å². The van der Waals surface area contributed by atoms with Crippen molar-refractivity contribution in [1.29, 1.82) is 0 Å². The van der Waals surface area contributed by atoms with Crippen molar-refractivity contribution in [2.24, 2.45) is 0 Å². The van der Waals surface area contributed by atoms with E-state index in [1.807, 2.05) is 38.1 Å². The molecule has 0 unspecified atom stereocenters. The van der Waals surface area contributed by atoms with Crippen LogP contribution in [0.3, 0.4) is 0 Å². The third-order valence-electron chi connectivity index (χ3n) is 5.49. The lowest BCUT2D eigenvalue weighted by molar-refractivity contribution is -0.146. The van der Waals surface area contributed by atoms with Crippen LogP contribution in [0.5, 0.6) is 0 Å². The standard InChI is InChI=1S/C19H23N3O4/c1-12-9-21(10-13(2)26-12)16(23)11-22-17(24)19(20-18(22)25)8-7-14-5-3-4-6-15(14)19/h3-6,12-13H,7-11H2,1-2H3,(H,20,25)/t12-,13-,19+/m1/s1. The largest absolute Gasteiger partial charge is 0.372 e. The Balaban J connectivity index is 1.53. The molecule has 4 amide bonds. The normalized spacial score (nSPS) is 30.7. The predicted octanol–water partition coefficient (Wildman–Crippen LogP) is 1.02. The number of morpholine rings is 1. The van der Waals surface area contributed by atoms with Crippen LogP contribution in [0, 0.1) is 0 Å². The zero-order valence-electron chi connectivity index (χ0n) is 15.0. The van der Waals surface area contributed by atoms with Crippen molar-refractivity contribution in [2.75, 3.05) is 19.6 Å². The minimum absolute atomic E-state index is 0.0566. The van der Waals surface area contributed by atoms with Crippen LogP contribution in [0.4, 0.5) is 4.79 Å². The van der Waals surface area contributed by atoms with E-state index in [1.54, 1.807) is 4.90 Å². The van der Waals surface area contributed by atoms with E-state index in [4.69, 9.17) is 4.74 Å². The minimum atomic E-state index is -1.01. The highest BCUT2D eigenvalue weighted by molar-refractivity contribution is 6.09. The van der Waals surface area contributed by atoms with Crippen molar-refractivity contribution >= 4 is 17.8 Å². The number of hydrogen-bond donors (Lipinski definition) is 1. The maximum Gasteiger partial charge on any atom is 0.325 e. The summed E-state index contributed by atoms with van der Waals surface area (Å²) in [5.41, 5.74) is 0.909. The van der Waals surface area contributed by atoms with Gasteiger partial charge in [0, 0.05) is 13.1 Å². The molecule has 2 fully saturated rings. The van der Waals surface area contributed by atoms with Crippen LogP contribution in [0.1, 0.15) is 31.4 Å². The highest BCUT2D eigenvalue weighted by Crippen LogP contribution is 2.41. The molecule has 4 rings (SSSR count). The van der Waals surface area contributed by atoms with Crippen LogP contribution in [0.15, 0.2) is 24.3 Å². The van der Waals surface area contributed by atoms with Crippen LogP contribution < -0.4 is 5.32 Å². The van der Waals surface area contributed by atoms with Gasteiger partial charge in [0.1, 0.15) is 12.1 Å². The third-order valence-corrected chi connectivity index (χ3v) is 5.49. The molecule has 1 N–H and O–H groups in total. The number of hydrogen-bond acceptors (Lipinski definition) is 4. The number of urea groups is 1. The average molecular weight is 357 g/mol. The highest BCUT2D eigenvalue weighted by Gasteiger charge is 2.55. The molecule has 1 spiro atoms. The molecule has 2 heterocycles. The van der Waals surface area contributed by atoms with Gasteiger partial charge in [-0.1, -0.05) is 24.3 Å². The van der Waals surface area contributed by atoms with Gasteiger partial charge in [-0.3, -0.25) is 14.5 Å². The topological polar surface area (TPSA) is 79.0 Å². The second-order valence-electron chi connectivity index (χ2n) is 7.44. The van der Waals surface area contributed by atoms with Crippen molar-refractivity contribution in [3.63, 3.8) is 0 Å². The molecule has 2 aliphatic heterocycles. The van der Waals surface area contributed by atoms with Gasteiger partial charge < -0.3 is 15.0 Å². The molecule has 26 heavy (non-hydrogen) atoms. The number of nitrogens with zero attached hydrogens (tertiary/aromatic N) is 2. The summed E-state index contributed by atoms with van der Waals surface area (Å²) in [4.78, 5) is 41.0. The Morgan fingerprint density at radius 1 is 1.23 bits per heavy atom. The summed E-state index contributed by atoms with van der Waals surface area (Å²) in [6.45, 7) is 4.54. The summed E-state index contributed by atoms with van der Waals surface area (Å²) < 4.78 is 5.64. The number of carbonyl (C=O) groups excluding carboxylic acids is 3. The van der Waals surface area contributed by atoms with Crippen molar-refractivity contribution in [1.82, 2.24) is 15.1 Å². The van der Waals surface area contributed by atoms with E-state index in [0.29, 0.717) is 19.5 Å². The van der Waals surface area contributed by atoms with Crippen molar-refractivity contribution < 1.29 is 19.1 Å². The summed E-state index contributed by atoms with van der Waals surface area (Å²) in [5, 5.41) is 2.85. The number of rotatable bonds is 2. The number of carbonyl (C=O) groups is 3. The van der Waals surface area contributed by atoms with Crippen molar-refractivity contribution in [2.45, 2.75) is 44.4 Å². The fraction of sp³-hybridized carbons (Fsp3) is 0.526. The number of imide groups is 1. The van der Waals surface area contributed by atoms with E-state index in [9.17, 15) is 14.4 Å². The first-order chi connectivity index (χ1) is 12.4. The van der Waals surface area contributed by atoms with E-state index in [1.165, 1.54) is 0 Å². The van der Waals surface area contributed by atoms with E-state index >= 15 is 0 Å². The quantitative estimate of drug-likeness (QED) is 0.802. The molecular formula is C19H23N3O4. The van der Waals surface area contributed by atoms with Crippen molar-refractivity contribution in [3.05, 3.63) is 35.4 Å². The first-order valence-corrected chi connectivity index (χ1v) is 9.06. The molecule has 0 aromatic heterocycles. The van der Waals surface area contributed by atoms with Crippen LogP contribution >= 0.6 is 0 Å². The average Bonchev–Trinajstić information content (AvgIpc) is 3.08. The summed E-state index contributed by atoms with van der Waals surface area (Å²) in [7, 11) is 0. The Kier molecular flexibility index (Phi) is 3.99.